The zero-order valence-corrected chi connectivity index (χ0v) is 14.6. The molecule has 0 aliphatic heterocycles. The van der Waals surface area contributed by atoms with E-state index in [1.807, 2.05) is 30.3 Å². The monoisotopic (exact) mass is 353 g/mol. The van der Waals surface area contributed by atoms with Gasteiger partial charge < -0.3 is 19.3 Å². The number of carbonyl (C=O) groups excluding carboxylic acids is 1. The third-order valence-corrected chi connectivity index (χ3v) is 3.75. The van der Waals surface area contributed by atoms with E-state index >= 15 is 0 Å². The van der Waals surface area contributed by atoms with Gasteiger partial charge in [-0.25, -0.2) is 0 Å². The molecule has 2 aromatic carbocycles. The first-order valence-electron chi connectivity index (χ1n) is 8.07. The van der Waals surface area contributed by atoms with Gasteiger partial charge in [0.15, 0.2) is 0 Å². The van der Waals surface area contributed by atoms with Gasteiger partial charge in [-0.2, -0.15) is 4.98 Å². The summed E-state index contributed by atoms with van der Waals surface area (Å²) in [6.07, 6.45) is 0. The Morgan fingerprint density at radius 2 is 2.00 bits per heavy atom. The number of hydrogen-bond donors (Lipinski definition) is 1. The fourth-order valence-corrected chi connectivity index (χ4v) is 2.44. The third kappa shape index (κ3) is 3.89. The van der Waals surface area contributed by atoms with Gasteiger partial charge in [-0.05, 0) is 24.3 Å². The number of nitrogens with zero attached hydrogens (tertiary/aromatic N) is 2. The minimum Gasteiger partial charge on any atom is -0.497 e. The van der Waals surface area contributed by atoms with E-state index in [1.165, 1.54) is 0 Å². The Morgan fingerprint density at radius 3 is 2.81 bits per heavy atom. The predicted molar refractivity (Wildman–Crippen MR) is 95.9 cm³/mol. The first kappa shape index (κ1) is 17.6. The standard InChI is InChI=1S/C19H19N3O4/c1-24-11-10-20-18(23)15-8-3-4-9-16(15)19-21-17(22-26-19)13-6-5-7-14(12-13)25-2/h3-9,12H,10-11H2,1-2H3,(H,20,23). The van der Waals surface area contributed by atoms with Crippen LogP contribution in [0.1, 0.15) is 10.4 Å². The predicted octanol–water partition coefficient (Wildman–Crippen LogP) is 2.79. The van der Waals surface area contributed by atoms with Gasteiger partial charge in [0.05, 0.1) is 24.8 Å². The lowest BCUT2D eigenvalue weighted by atomic mass is 10.1. The molecule has 7 nitrogen and oxygen atoms in total. The number of nitrogens with one attached hydrogen (secondary N) is 1. The first-order valence-corrected chi connectivity index (χ1v) is 8.07. The molecule has 1 N–H and O–H groups in total. The molecule has 0 unspecified atom stereocenters. The average molecular weight is 353 g/mol. The molecule has 134 valence electrons. The summed E-state index contributed by atoms with van der Waals surface area (Å²) in [5.74, 6) is 1.18. The Kier molecular flexibility index (Phi) is 5.60. The second-order valence-electron chi connectivity index (χ2n) is 5.45. The highest BCUT2D eigenvalue weighted by Crippen LogP contribution is 2.26. The SMILES string of the molecule is COCCNC(=O)c1ccccc1-c1nc(-c2cccc(OC)c2)no1. The summed E-state index contributed by atoms with van der Waals surface area (Å²) < 4.78 is 15.6. The average Bonchev–Trinajstić information content (AvgIpc) is 3.18. The van der Waals surface area contributed by atoms with Crippen molar-refractivity contribution in [3.63, 3.8) is 0 Å². The van der Waals surface area contributed by atoms with E-state index in [4.69, 9.17) is 14.0 Å². The van der Waals surface area contributed by atoms with Crippen LogP contribution in [0.4, 0.5) is 0 Å². The molecule has 0 spiro atoms. The molecule has 0 bridgehead atoms. The van der Waals surface area contributed by atoms with Gasteiger partial charge in [0, 0.05) is 19.2 Å². The lowest BCUT2D eigenvalue weighted by Gasteiger charge is -2.07. The molecule has 0 fully saturated rings. The van der Waals surface area contributed by atoms with Crippen molar-refractivity contribution < 1.29 is 18.8 Å². The van der Waals surface area contributed by atoms with E-state index in [-0.39, 0.29) is 11.8 Å². The van der Waals surface area contributed by atoms with Crippen LogP contribution in [0, 0.1) is 0 Å². The second kappa shape index (κ2) is 8.26. The molecular weight excluding hydrogens is 334 g/mol. The fourth-order valence-electron chi connectivity index (χ4n) is 2.44. The van der Waals surface area contributed by atoms with E-state index in [1.54, 1.807) is 32.4 Å². The van der Waals surface area contributed by atoms with Gasteiger partial charge >= 0.3 is 0 Å². The van der Waals surface area contributed by atoms with Crippen LogP contribution >= 0.6 is 0 Å². The van der Waals surface area contributed by atoms with Crippen molar-refractivity contribution in [1.82, 2.24) is 15.5 Å². The topological polar surface area (TPSA) is 86.5 Å². The molecular formula is C19H19N3O4. The van der Waals surface area contributed by atoms with Crippen LogP contribution < -0.4 is 10.1 Å². The minimum atomic E-state index is -0.223. The highest BCUT2D eigenvalue weighted by molar-refractivity contribution is 6.00. The zero-order valence-electron chi connectivity index (χ0n) is 14.6. The van der Waals surface area contributed by atoms with E-state index < -0.39 is 0 Å². The number of ether oxygens (including phenoxy) is 2. The molecule has 0 atom stereocenters. The van der Waals surface area contributed by atoms with Crippen LogP contribution in [0.2, 0.25) is 0 Å². The van der Waals surface area contributed by atoms with Crippen molar-refractivity contribution in [3.8, 4) is 28.6 Å². The summed E-state index contributed by atoms with van der Waals surface area (Å²) in [4.78, 5) is 16.8. The van der Waals surface area contributed by atoms with E-state index in [0.29, 0.717) is 35.9 Å². The maximum absolute atomic E-state index is 12.4. The summed E-state index contributed by atoms with van der Waals surface area (Å²) in [5, 5.41) is 6.81. The molecule has 3 aromatic rings. The molecule has 0 aliphatic rings. The quantitative estimate of drug-likeness (QED) is 0.657. The molecule has 1 amide bonds. The number of methoxy groups -OCH3 is 2. The Morgan fingerprint density at radius 1 is 1.15 bits per heavy atom. The molecule has 0 saturated heterocycles. The Hall–Kier alpha value is -3.19. The zero-order chi connectivity index (χ0) is 18.4. The maximum Gasteiger partial charge on any atom is 0.259 e. The minimum absolute atomic E-state index is 0.223. The second-order valence-corrected chi connectivity index (χ2v) is 5.45. The number of benzene rings is 2. The van der Waals surface area contributed by atoms with Crippen molar-refractivity contribution in [3.05, 3.63) is 54.1 Å². The maximum atomic E-state index is 12.4. The molecule has 7 heteroatoms. The van der Waals surface area contributed by atoms with Crippen molar-refractivity contribution in [2.24, 2.45) is 0 Å². The summed E-state index contributed by atoms with van der Waals surface area (Å²) in [6.45, 7) is 0.858. The highest BCUT2D eigenvalue weighted by atomic mass is 16.5. The van der Waals surface area contributed by atoms with Crippen LogP contribution in [-0.2, 0) is 4.74 Å². The first-order chi connectivity index (χ1) is 12.7. The van der Waals surface area contributed by atoms with Gasteiger partial charge in [-0.15, -0.1) is 0 Å². The normalized spacial score (nSPS) is 10.5. The lowest BCUT2D eigenvalue weighted by Crippen LogP contribution is -2.27. The summed E-state index contributed by atoms with van der Waals surface area (Å²) in [6, 6.07) is 14.5. The van der Waals surface area contributed by atoms with Crippen LogP contribution in [0.25, 0.3) is 22.8 Å². The largest absolute Gasteiger partial charge is 0.497 e. The van der Waals surface area contributed by atoms with Crippen LogP contribution in [0.5, 0.6) is 5.75 Å². The molecule has 0 saturated carbocycles. The lowest BCUT2D eigenvalue weighted by molar-refractivity contribution is 0.0937. The summed E-state index contributed by atoms with van der Waals surface area (Å²) >= 11 is 0. The summed E-state index contributed by atoms with van der Waals surface area (Å²) in [7, 11) is 3.18. The number of rotatable bonds is 7. The Bertz CT molecular complexity index is 892. The Balaban J connectivity index is 1.88. The molecule has 26 heavy (non-hydrogen) atoms. The molecule has 1 aromatic heterocycles. The summed E-state index contributed by atoms with van der Waals surface area (Å²) in [5.41, 5.74) is 1.80. The van der Waals surface area contributed by atoms with Crippen LogP contribution in [-0.4, -0.2) is 43.4 Å². The smallest absolute Gasteiger partial charge is 0.259 e. The van der Waals surface area contributed by atoms with E-state index in [0.717, 1.165) is 5.56 Å². The van der Waals surface area contributed by atoms with Crippen molar-refractivity contribution in [1.29, 1.82) is 0 Å². The Labute approximate surface area is 150 Å². The molecule has 3 rings (SSSR count). The van der Waals surface area contributed by atoms with Gasteiger partial charge in [-0.1, -0.05) is 29.4 Å². The van der Waals surface area contributed by atoms with Crippen molar-refractivity contribution in [2.45, 2.75) is 0 Å². The van der Waals surface area contributed by atoms with Crippen molar-refractivity contribution >= 4 is 5.91 Å². The number of aromatic nitrogens is 2. The fraction of sp³-hybridized carbons (Fsp3) is 0.211. The van der Waals surface area contributed by atoms with Gasteiger partial charge in [0.2, 0.25) is 5.82 Å². The van der Waals surface area contributed by atoms with E-state index in [2.05, 4.69) is 15.5 Å². The third-order valence-electron chi connectivity index (χ3n) is 3.75. The number of amides is 1. The van der Waals surface area contributed by atoms with Gasteiger partial charge in [0.1, 0.15) is 5.75 Å². The molecule has 0 radical (unpaired) electrons. The van der Waals surface area contributed by atoms with Crippen LogP contribution in [0.15, 0.2) is 53.1 Å². The van der Waals surface area contributed by atoms with Crippen LogP contribution in [0.3, 0.4) is 0 Å². The molecule has 1 heterocycles. The van der Waals surface area contributed by atoms with Gasteiger partial charge in [-0.3, -0.25) is 4.79 Å². The van der Waals surface area contributed by atoms with E-state index in [9.17, 15) is 4.79 Å². The number of hydrogen-bond acceptors (Lipinski definition) is 6. The highest BCUT2D eigenvalue weighted by Gasteiger charge is 2.18. The van der Waals surface area contributed by atoms with Crippen molar-refractivity contribution in [2.75, 3.05) is 27.4 Å². The molecule has 0 aliphatic carbocycles. The number of carbonyl (C=O) groups is 1. The van der Waals surface area contributed by atoms with Gasteiger partial charge in [0.25, 0.3) is 11.8 Å².